The van der Waals surface area contributed by atoms with Gasteiger partial charge in [-0.3, -0.25) is 30.3 Å². The lowest BCUT2D eigenvalue weighted by atomic mass is 9.92. The summed E-state index contributed by atoms with van der Waals surface area (Å²) in [6.45, 7) is 24.4. The highest BCUT2D eigenvalue weighted by Crippen LogP contribution is 2.34. The number of non-ortho nitro benzene ring substituents is 3. The van der Waals surface area contributed by atoms with Gasteiger partial charge in [-0.05, 0) is 36.4 Å². The Morgan fingerprint density at radius 3 is 1.10 bits per heavy atom. The number of nitrogens with zero attached hydrogens (tertiary/aromatic N) is 4. The van der Waals surface area contributed by atoms with Gasteiger partial charge in [0, 0.05) is 137 Å². The van der Waals surface area contributed by atoms with Crippen LogP contribution in [0.2, 0.25) is 0 Å². The first-order chi connectivity index (χ1) is 37.3. The summed E-state index contributed by atoms with van der Waals surface area (Å²) < 4.78 is 18.6. The largest absolute Gasteiger partial charge is 0.478 e. The van der Waals surface area contributed by atoms with Crippen LogP contribution >= 0.6 is 21.4 Å². The highest BCUT2D eigenvalue weighted by Gasteiger charge is 2.26. The third-order valence-corrected chi connectivity index (χ3v) is 11.9. The smallest absolute Gasteiger partial charge is 0.340 e. The lowest BCUT2D eigenvalue weighted by Gasteiger charge is -2.15. The number of anilines is 1. The number of aliphatic hydroxyl groups is 1. The standard InChI is InChI=1S/C14H16N2O4.C14H18N2O2.C13H13N3O2.C13H14N2O4.CH4O.Cl2OS/c1-14(2,3)11-6-8-5-9(16(18)19)7-10(12(8)15-11)13(17)20-4;1-14(2,3)11-6-8-5-9(15)7-10(12(8)16-11)13(17)18-4;1-13(2,3)11-6-8-4-10(16(17)18)5-9(7-14)12(8)15-11;1-13(2,3)10-5-7-4-8(15(18)19)6-9(12(16)17)11(7)14-10;1-2;1-4(2)3/h5-7,15H,1-4H3;5-7,16H,15H2,1-4H3;4-6,15H,1-3H3;4-6,14H,1-3H3,(H,16,17);2H,1H3;. The predicted molar refractivity (Wildman–Crippen MR) is 315 cm³/mol. The molecule has 8 N–H and O–H groups in total. The SMILES string of the molecule is CC(C)(C)c1cc2cc([N+](=O)[O-])cc(C#N)c2[nH]1.CC(C)(C)c1cc2cc([N+](=O)[O-])cc(C(=O)O)c2[nH]1.CO.COC(=O)c1cc(N)cc2cc(C(C)(C)C)[nH]c12.COC(=O)c1cc([N+](=O)[O-])cc2cc(C(C)(C)C)[nH]c12.O=S(Cl)Cl. The molecule has 4 aromatic carbocycles. The molecule has 81 heavy (non-hydrogen) atoms. The van der Waals surface area contributed by atoms with E-state index in [1.54, 1.807) is 12.1 Å². The van der Waals surface area contributed by atoms with E-state index in [0.29, 0.717) is 49.5 Å². The van der Waals surface area contributed by atoms with Gasteiger partial charge in [0.05, 0.1) is 73.3 Å². The van der Waals surface area contributed by atoms with Crippen LogP contribution in [0.25, 0.3) is 43.6 Å². The third-order valence-electron chi connectivity index (χ3n) is 11.9. The lowest BCUT2D eigenvalue weighted by molar-refractivity contribution is -0.384. The quantitative estimate of drug-likeness (QED) is 0.0267. The van der Waals surface area contributed by atoms with Crippen molar-refractivity contribution in [2.24, 2.45) is 0 Å². The highest BCUT2D eigenvalue weighted by atomic mass is 36.0. The highest BCUT2D eigenvalue weighted by molar-refractivity contribution is 8.26. The second-order valence-corrected chi connectivity index (χ2v) is 24.5. The number of halogens is 2. The van der Waals surface area contributed by atoms with E-state index in [-0.39, 0.29) is 55.8 Å². The zero-order valence-electron chi connectivity index (χ0n) is 47.3. The number of carboxylic acids is 1. The Kier molecular flexibility index (Phi) is 22.1. The number of benzene rings is 4. The molecule has 0 amide bonds. The number of nitrogens with one attached hydrogen (secondary N) is 4. The monoisotopic (exact) mass is 1180 g/mol. The first kappa shape index (κ1) is 66.9. The molecule has 8 rings (SSSR count). The van der Waals surface area contributed by atoms with Crippen LogP contribution in [0, 0.1) is 41.7 Å². The van der Waals surface area contributed by atoms with Crippen LogP contribution in [-0.2, 0) is 40.4 Å². The number of carbonyl (C=O) groups is 3. The molecule has 0 fully saturated rings. The molecular formula is C55H65Cl2N9O14S. The number of methoxy groups -OCH3 is 2. The van der Waals surface area contributed by atoms with Gasteiger partial charge < -0.3 is 45.4 Å². The van der Waals surface area contributed by atoms with Gasteiger partial charge in [0.15, 0.2) is 0 Å². The fourth-order valence-corrected chi connectivity index (χ4v) is 7.68. The van der Waals surface area contributed by atoms with Crippen molar-refractivity contribution in [3.63, 3.8) is 0 Å². The molecule has 0 spiro atoms. The molecule has 0 atom stereocenters. The lowest BCUT2D eigenvalue weighted by Crippen LogP contribution is -2.11. The van der Waals surface area contributed by atoms with E-state index in [2.05, 4.69) is 62.1 Å². The topological polar surface area (TPSA) is 370 Å². The first-order valence-electron chi connectivity index (χ1n) is 24.2. The van der Waals surface area contributed by atoms with Crippen molar-refractivity contribution in [3.05, 3.63) is 148 Å². The molecule has 434 valence electrons. The van der Waals surface area contributed by atoms with Crippen molar-refractivity contribution in [3.8, 4) is 6.07 Å². The number of carbonyl (C=O) groups excluding carboxylic acids is 2. The Hall–Kier alpha value is -8.37. The van der Waals surface area contributed by atoms with Gasteiger partial charge in [0.25, 0.3) is 17.1 Å². The van der Waals surface area contributed by atoms with Crippen LogP contribution in [0.1, 0.15) is 142 Å². The molecule has 23 nitrogen and oxygen atoms in total. The number of hydrogen-bond donors (Lipinski definition) is 7. The number of fused-ring (bicyclic) bond motifs is 4. The zero-order valence-corrected chi connectivity index (χ0v) is 49.6. The summed E-state index contributed by atoms with van der Waals surface area (Å²) in [5, 5.41) is 60.6. The van der Waals surface area contributed by atoms with E-state index in [1.807, 2.05) is 92.6 Å². The van der Waals surface area contributed by atoms with Crippen LogP contribution in [0.4, 0.5) is 22.7 Å². The molecule has 0 aliphatic carbocycles. The number of aromatic carboxylic acids is 1. The number of nitrogen functional groups attached to an aromatic ring is 1. The third kappa shape index (κ3) is 17.3. The molecule has 0 aliphatic heterocycles. The number of aliphatic hydroxyl groups excluding tert-OH is 1. The molecule has 0 radical (unpaired) electrons. The molecule has 4 aromatic heterocycles. The van der Waals surface area contributed by atoms with Gasteiger partial charge >= 0.3 is 17.9 Å². The van der Waals surface area contributed by atoms with Gasteiger partial charge in [-0.2, -0.15) is 5.26 Å². The van der Waals surface area contributed by atoms with Crippen molar-refractivity contribution in [2.75, 3.05) is 27.1 Å². The Balaban J connectivity index is 0.000000274. The Labute approximate surface area is 477 Å². The molecule has 0 bridgehead atoms. The minimum absolute atomic E-state index is 0.0127. The van der Waals surface area contributed by atoms with Gasteiger partial charge in [-0.1, -0.05) is 83.1 Å². The summed E-state index contributed by atoms with van der Waals surface area (Å²) in [5.41, 5.74) is 12.6. The van der Waals surface area contributed by atoms with E-state index >= 15 is 0 Å². The fourth-order valence-electron chi connectivity index (χ4n) is 7.68. The maximum Gasteiger partial charge on any atom is 0.340 e. The number of rotatable bonds is 6. The average molecular weight is 1180 g/mol. The van der Waals surface area contributed by atoms with Crippen LogP contribution < -0.4 is 5.73 Å². The van der Waals surface area contributed by atoms with Gasteiger partial charge in [0.1, 0.15) is 6.07 Å². The van der Waals surface area contributed by atoms with Gasteiger partial charge in [-0.25, -0.2) is 18.6 Å². The second-order valence-electron chi connectivity index (χ2n) is 22.0. The average Bonchev–Trinajstić information content (AvgIpc) is 4.43. The van der Waals surface area contributed by atoms with Crippen molar-refractivity contribution in [1.82, 2.24) is 19.9 Å². The first-order valence-corrected chi connectivity index (χ1v) is 27.0. The number of aromatic nitrogens is 4. The van der Waals surface area contributed by atoms with Crippen molar-refractivity contribution >= 4 is 115 Å². The maximum atomic E-state index is 11.8. The minimum atomic E-state index is -1.67. The number of hydrogen-bond acceptors (Lipinski definition) is 15. The molecule has 0 aliphatic rings. The zero-order chi connectivity index (χ0) is 62.0. The molecule has 0 saturated heterocycles. The number of nitriles is 1. The number of ether oxygens (including phenoxy) is 2. The summed E-state index contributed by atoms with van der Waals surface area (Å²) in [6.07, 6.45) is 0. The van der Waals surface area contributed by atoms with Crippen LogP contribution in [0.5, 0.6) is 0 Å². The summed E-state index contributed by atoms with van der Waals surface area (Å²) >= 11 is 0. The Bertz CT molecular complexity index is 3730. The molecule has 4 heterocycles. The normalized spacial score (nSPS) is 11.3. The summed E-state index contributed by atoms with van der Waals surface area (Å²) in [6, 6.07) is 20.9. The molecule has 0 unspecified atom stereocenters. The number of nitro benzene ring substituents is 3. The second kappa shape index (κ2) is 26.7. The van der Waals surface area contributed by atoms with E-state index in [0.717, 1.165) is 46.9 Å². The Morgan fingerprint density at radius 2 is 0.802 bits per heavy atom. The summed E-state index contributed by atoms with van der Waals surface area (Å²) in [4.78, 5) is 78.4. The van der Waals surface area contributed by atoms with Gasteiger partial charge in [0.2, 0.25) is 9.23 Å². The van der Waals surface area contributed by atoms with Crippen molar-refractivity contribution in [1.29, 1.82) is 5.26 Å². The van der Waals surface area contributed by atoms with E-state index in [4.69, 9.17) is 34.9 Å². The number of H-pyrrole nitrogens is 4. The molecule has 8 aromatic rings. The van der Waals surface area contributed by atoms with Crippen LogP contribution in [-0.4, -0.2) is 88.4 Å². The number of aromatic amines is 4. The minimum Gasteiger partial charge on any atom is -0.478 e. The summed E-state index contributed by atoms with van der Waals surface area (Å²) in [5.74, 6) is -2.16. The van der Waals surface area contributed by atoms with Crippen molar-refractivity contribution < 1.29 is 53.0 Å². The fraction of sp³-hybridized carbons (Fsp3) is 0.345. The van der Waals surface area contributed by atoms with Crippen LogP contribution in [0.15, 0.2) is 72.8 Å². The Morgan fingerprint density at radius 1 is 0.531 bits per heavy atom. The molecule has 0 saturated carbocycles. The number of nitrogens with two attached hydrogens (primary N) is 1. The number of carboxylic acid groups (broad SMARTS) is 1. The van der Waals surface area contributed by atoms with Crippen molar-refractivity contribution in [2.45, 2.75) is 105 Å². The summed E-state index contributed by atoms with van der Waals surface area (Å²) in [7, 11) is 11.0. The predicted octanol–water partition coefficient (Wildman–Crippen LogP) is 13.0. The van der Waals surface area contributed by atoms with Crippen LogP contribution in [0.3, 0.4) is 0 Å². The van der Waals surface area contributed by atoms with E-state index in [1.165, 1.54) is 44.6 Å². The van der Waals surface area contributed by atoms with Gasteiger partial charge in [-0.15, -0.1) is 0 Å². The maximum absolute atomic E-state index is 11.8. The molecule has 26 heteroatoms. The molecular weight excluding hydrogens is 1110 g/mol. The number of esters is 2. The van der Waals surface area contributed by atoms with E-state index in [9.17, 15) is 44.7 Å². The number of nitro groups is 3. The van der Waals surface area contributed by atoms with E-state index < -0.39 is 35.9 Å².